The average Bonchev–Trinajstić information content (AvgIpc) is 2.35. The molecule has 0 aromatic heterocycles. The van der Waals surface area contributed by atoms with Crippen LogP contribution >= 0.6 is 0 Å². The number of aryl methyl sites for hydroxylation is 2. The van der Waals surface area contributed by atoms with Gasteiger partial charge in [0, 0.05) is 6.42 Å². The first kappa shape index (κ1) is 14.6. The average molecular weight is 256 g/mol. The fourth-order valence-electron chi connectivity index (χ4n) is 1.53. The molecule has 0 unspecified atom stereocenters. The van der Waals surface area contributed by atoms with Crippen LogP contribution in [0.25, 0.3) is 0 Å². The van der Waals surface area contributed by atoms with Gasteiger partial charge in [0.1, 0.15) is 0 Å². The van der Waals surface area contributed by atoms with Gasteiger partial charge >= 0.3 is 0 Å². The zero-order valence-electron chi connectivity index (χ0n) is 10.4. The van der Waals surface area contributed by atoms with Crippen molar-refractivity contribution < 1.29 is 13.6 Å². The van der Waals surface area contributed by atoms with E-state index in [4.69, 9.17) is 5.73 Å². The van der Waals surface area contributed by atoms with E-state index in [1.54, 1.807) is 0 Å². The van der Waals surface area contributed by atoms with Gasteiger partial charge in [-0.15, -0.1) is 0 Å². The summed E-state index contributed by atoms with van der Waals surface area (Å²) in [4.78, 5) is 11.4. The second-order valence-electron chi connectivity index (χ2n) is 4.26. The minimum atomic E-state index is -3.03. The fraction of sp³-hybridized carbons (Fsp3) is 0.462. The van der Waals surface area contributed by atoms with Crippen LogP contribution in [0.3, 0.4) is 0 Å². The van der Waals surface area contributed by atoms with Crippen molar-refractivity contribution in [2.45, 2.75) is 25.7 Å². The third kappa shape index (κ3) is 4.79. The van der Waals surface area contributed by atoms with Gasteiger partial charge in [-0.3, -0.25) is 4.79 Å². The lowest BCUT2D eigenvalue weighted by molar-refractivity contribution is -0.122. The standard InChI is InChI=1S/C13H18F2N2O/c1-10-4-2-3-5-11(10)6-7-12(18)17-9-13(14,15)8-16/h2-5H,6-9,16H2,1H3,(H,17,18). The van der Waals surface area contributed by atoms with Gasteiger partial charge < -0.3 is 11.1 Å². The van der Waals surface area contributed by atoms with Crippen LogP contribution in [0.1, 0.15) is 17.5 Å². The molecule has 0 fully saturated rings. The highest BCUT2D eigenvalue weighted by molar-refractivity contribution is 5.76. The normalized spacial score (nSPS) is 11.3. The van der Waals surface area contributed by atoms with E-state index in [-0.39, 0.29) is 12.3 Å². The summed E-state index contributed by atoms with van der Waals surface area (Å²) in [7, 11) is 0. The Kier molecular flexibility index (Phi) is 5.22. The van der Waals surface area contributed by atoms with E-state index in [0.717, 1.165) is 11.1 Å². The van der Waals surface area contributed by atoms with E-state index in [1.807, 2.05) is 31.2 Å². The van der Waals surface area contributed by atoms with Crippen molar-refractivity contribution in [1.82, 2.24) is 5.32 Å². The Balaban J connectivity index is 2.36. The quantitative estimate of drug-likeness (QED) is 0.813. The van der Waals surface area contributed by atoms with Crippen molar-refractivity contribution in [1.29, 1.82) is 0 Å². The molecule has 0 saturated carbocycles. The lowest BCUT2D eigenvalue weighted by Crippen LogP contribution is -2.41. The molecular formula is C13H18F2N2O. The number of nitrogens with one attached hydrogen (secondary N) is 1. The zero-order valence-corrected chi connectivity index (χ0v) is 10.4. The number of nitrogens with two attached hydrogens (primary N) is 1. The number of carbonyl (C=O) groups excluding carboxylic acids is 1. The minimum Gasteiger partial charge on any atom is -0.350 e. The smallest absolute Gasteiger partial charge is 0.277 e. The lowest BCUT2D eigenvalue weighted by atomic mass is 10.0. The highest BCUT2D eigenvalue weighted by atomic mass is 19.3. The molecule has 0 saturated heterocycles. The van der Waals surface area contributed by atoms with Crippen LogP contribution in [-0.2, 0) is 11.2 Å². The molecule has 3 N–H and O–H groups in total. The van der Waals surface area contributed by atoms with E-state index < -0.39 is 19.0 Å². The zero-order chi connectivity index (χ0) is 13.6. The van der Waals surface area contributed by atoms with E-state index >= 15 is 0 Å². The van der Waals surface area contributed by atoms with Crippen molar-refractivity contribution in [3.05, 3.63) is 35.4 Å². The molecule has 5 heteroatoms. The van der Waals surface area contributed by atoms with Gasteiger partial charge in [0.2, 0.25) is 5.91 Å². The maximum absolute atomic E-state index is 12.8. The number of rotatable bonds is 6. The summed E-state index contributed by atoms with van der Waals surface area (Å²) >= 11 is 0. The second-order valence-corrected chi connectivity index (χ2v) is 4.26. The van der Waals surface area contributed by atoms with Crippen molar-refractivity contribution in [3.8, 4) is 0 Å². The number of halogens is 2. The second kappa shape index (κ2) is 6.44. The van der Waals surface area contributed by atoms with Crippen LogP contribution in [0.2, 0.25) is 0 Å². The third-order valence-corrected chi connectivity index (χ3v) is 2.73. The van der Waals surface area contributed by atoms with Crippen molar-refractivity contribution in [2.24, 2.45) is 5.73 Å². The molecule has 0 heterocycles. The number of alkyl halides is 2. The molecule has 0 bridgehead atoms. The number of hydrogen-bond acceptors (Lipinski definition) is 2. The summed E-state index contributed by atoms with van der Waals surface area (Å²) < 4.78 is 25.6. The number of hydrogen-bond donors (Lipinski definition) is 2. The van der Waals surface area contributed by atoms with Crippen molar-refractivity contribution >= 4 is 5.91 Å². The van der Waals surface area contributed by atoms with Crippen LogP contribution in [-0.4, -0.2) is 24.9 Å². The van der Waals surface area contributed by atoms with Crippen LogP contribution < -0.4 is 11.1 Å². The van der Waals surface area contributed by atoms with Crippen LogP contribution in [0.15, 0.2) is 24.3 Å². The Hall–Kier alpha value is -1.49. The molecule has 1 aromatic carbocycles. The first-order valence-electron chi connectivity index (χ1n) is 5.84. The monoisotopic (exact) mass is 256 g/mol. The Morgan fingerprint density at radius 1 is 1.39 bits per heavy atom. The van der Waals surface area contributed by atoms with Gasteiger partial charge in [0.25, 0.3) is 5.92 Å². The Bertz CT molecular complexity index is 408. The van der Waals surface area contributed by atoms with Gasteiger partial charge in [-0.2, -0.15) is 0 Å². The maximum atomic E-state index is 12.8. The summed E-state index contributed by atoms with van der Waals surface area (Å²) in [5.74, 6) is -3.41. The summed E-state index contributed by atoms with van der Waals surface area (Å²) in [5, 5.41) is 2.19. The van der Waals surface area contributed by atoms with Crippen LogP contribution in [0.5, 0.6) is 0 Å². The number of amides is 1. The van der Waals surface area contributed by atoms with Gasteiger partial charge in [-0.05, 0) is 24.5 Å². The van der Waals surface area contributed by atoms with E-state index in [1.165, 1.54) is 0 Å². The first-order chi connectivity index (χ1) is 8.44. The lowest BCUT2D eigenvalue weighted by Gasteiger charge is -2.14. The SMILES string of the molecule is Cc1ccccc1CCC(=O)NCC(F)(F)CN. The van der Waals surface area contributed by atoms with E-state index in [9.17, 15) is 13.6 Å². The van der Waals surface area contributed by atoms with E-state index in [0.29, 0.717) is 6.42 Å². The molecule has 0 spiro atoms. The largest absolute Gasteiger partial charge is 0.350 e. The Morgan fingerprint density at radius 3 is 2.67 bits per heavy atom. The predicted octanol–water partition coefficient (Wildman–Crippen LogP) is 1.64. The Morgan fingerprint density at radius 2 is 2.06 bits per heavy atom. The van der Waals surface area contributed by atoms with Crippen LogP contribution in [0.4, 0.5) is 8.78 Å². The number of carbonyl (C=O) groups is 1. The van der Waals surface area contributed by atoms with Gasteiger partial charge in [0.15, 0.2) is 0 Å². The molecule has 0 aliphatic carbocycles. The third-order valence-electron chi connectivity index (χ3n) is 2.73. The topological polar surface area (TPSA) is 55.1 Å². The Labute approximate surface area is 105 Å². The summed E-state index contributed by atoms with van der Waals surface area (Å²) in [6.45, 7) is 0.497. The van der Waals surface area contributed by atoms with Crippen molar-refractivity contribution in [3.63, 3.8) is 0 Å². The summed E-state index contributed by atoms with van der Waals surface area (Å²) in [6.07, 6.45) is 0.748. The maximum Gasteiger partial charge on any atom is 0.277 e. The molecule has 0 radical (unpaired) electrons. The van der Waals surface area contributed by atoms with Crippen molar-refractivity contribution in [2.75, 3.05) is 13.1 Å². The van der Waals surface area contributed by atoms with Gasteiger partial charge in [-0.25, -0.2) is 8.78 Å². The number of benzene rings is 1. The molecule has 0 aliphatic rings. The molecule has 18 heavy (non-hydrogen) atoms. The van der Waals surface area contributed by atoms with Gasteiger partial charge in [-0.1, -0.05) is 24.3 Å². The summed E-state index contributed by atoms with van der Waals surface area (Å²) in [6, 6.07) is 7.69. The molecule has 1 aromatic rings. The first-order valence-corrected chi connectivity index (χ1v) is 5.84. The molecule has 3 nitrogen and oxygen atoms in total. The van der Waals surface area contributed by atoms with Crippen LogP contribution in [0, 0.1) is 6.92 Å². The molecule has 1 amide bonds. The molecular weight excluding hydrogens is 238 g/mol. The molecule has 100 valence electrons. The minimum absolute atomic E-state index is 0.200. The fourth-order valence-corrected chi connectivity index (χ4v) is 1.53. The summed E-state index contributed by atoms with van der Waals surface area (Å²) in [5.41, 5.74) is 7.03. The van der Waals surface area contributed by atoms with E-state index in [2.05, 4.69) is 5.32 Å². The van der Waals surface area contributed by atoms with Gasteiger partial charge in [0.05, 0.1) is 13.1 Å². The predicted molar refractivity (Wildman–Crippen MR) is 66.5 cm³/mol. The molecule has 0 atom stereocenters. The molecule has 0 aliphatic heterocycles. The highest BCUT2D eigenvalue weighted by Crippen LogP contribution is 2.11. The molecule has 1 rings (SSSR count). The highest BCUT2D eigenvalue weighted by Gasteiger charge is 2.26.